The number of nitrogens with zero attached hydrogens (tertiary/aromatic N) is 3. The lowest BCUT2D eigenvalue weighted by Crippen LogP contribution is -2.81. The number of anilines is 1. The molecule has 0 spiro atoms. The van der Waals surface area contributed by atoms with Gasteiger partial charge < -0.3 is 19.1 Å². The lowest BCUT2D eigenvalue weighted by atomic mass is 9.40. The number of para-hydroxylation sites is 2. The predicted molar refractivity (Wildman–Crippen MR) is 211 cm³/mol. The molecule has 0 aliphatic carbocycles. The smallest absolute Gasteiger partial charge is 0.387 e. The average molecular weight is 624 g/mol. The van der Waals surface area contributed by atoms with E-state index < -0.39 is 0 Å². The molecule has 8 aromatic rings. The van der Waals surface area contributed by atoms with Gasteiger partial charge in [-0.15, -0.1) is 0 Å². The summed E-state index contributed by atoms with van der Waals surface area (Å²) in [5.74, 6) is 2.28. The minimum absolute atomic E-state index is 0.0159. The molecule has 2 aliphatic rings. The Bertz CT molecular complexity index is 2530. The van der Waals surface area contributed by atoms with E-state index >= 15 is 0 Å². The lowest BCUT2D eigenvalue weighted by Gasteiger charge is -2.50. The van der Waals surface area contributed by atoms with Crippen molar-refractivity contribution in [3.05, 3.63) is 182 Å². The monoisotopic (exact) mass is 624 g/mol. The maximum atomic E-state index is 4.06. The van der Waals surface area contributed by atoms with E-state index in [1.54, 1.807) is 0 Å². The predicted octanol–water partition coefficient (Wildman–Crippen LogP) is 7.70. The summed E-state index contributed by atoms with van der Waals surface area (Å²) < 4.78 is 7.45. The molecule has 0 saturated carbocycles. The molecule has 10 rings (SSSR count). The fraction of sp³-hybridized carbons (Fsp3) is 0. The summed E-state index contributed by atoms with van der Waals surface area (Å²) in [5, 5.41) is 11.6. The first-order chi connectivity index (χ1) is 24.3. The molecule has 0 atom stereocenters. The topological polar surface area (TPSA) is 23.4 Å². The van der Waals surface area contributed by atoms with E-state index in [1.807, 2.05) is 0 Å². The van der Waals surface area contributed by atoms with Gasteiger partial charge in [-0.1, -0.05) is 139 Å². The van der Waals surface area contributed by atoms with Gasteiger partial charge in [0.1, 0.15) is 0 Å². The van der Waals surface area contributed by atoms with E-state index in [0.29, 0.717) is 0 Å². The van der Waals surface area contributed by atoms with Gasteiger partial charge in [-0.05, 0) is 69.7 Å². The van der Waals surface area contributed by atoms with E-state index in [0.717, 1.165) is 5.69 Å². The molecular formula is C42H31B3N4. The molecule has 1 N–H and O–H groups in total. The van der Waals surface area contributed by atoms with Crippen molar-refractivity contribution in [2.45, 2.75) is 0 Å². The van der Waals surface area contributed by atoms with Crippen molar-refractivity contribution in [3.8, 4) is 5.69 Å². The zero-order valence-corrected chi connectivity index (χ0v) is 26.9. The summed E-state index contributed by atoms with van der Waals surface area (Å²) in [7, 11) is 0. The van der Waals surface area contributed by atoms with Gasteiger partial charge in [0.25, 0.3) is 0 Å². The third-order valence-electron chi connectivity index (χ3n) is 10.3. The van der Waals surface area contributed by atoms with Crippen LogP contribution in [0.4, 0.5) is 5.69 Å². The van der Waals surface area contributed by atoms with E-state index in [1.165, 1.54) is 60.0 Å². The quantitative estimate of drug-likeness (QED) is 0.203. The van der Waals surface area contributed by atoms with E-state index in [9.17, 15) is 0 Å². The average Bonchev–Trinajstić information content (AvgIpc) is 3.51. The maximum Gasteiger partial charge on any atom is 0.387 e. The van der Waals surface area contributed by atoms with Gasteiger partial charge >= 0.3 is 20.9 Å². The minimum Gasteiger partial charge on any atom is -0.428 e. The molecule has 7 aromatic carbocycles. The van der Waals surface area contributed by atoms with Crippen LogP contribution in [0.15, 0.2) is 182 Å². The SMILES string of the molecule is C1=CB2NB(c3cccc4ccccc34)N(c3cccc4ccccc34)B(c3ccc(-n4c5ccccc5c5ccccc54)cc3)N2C=C1. The Morgan fingerprint density at radius 2 is 1.08 bits per heavy atom. The Labute approximate surface area is 286 Å². The van der Waals surface area contributed by atoms with Crippen molar-refractivity contribution in [1.82, 2.24) is 14.4 Å². The standard InChI is InChI=1S/C42H31B3N4/c1-3-17-35-31(13-1)15-11-21-39(35)44-46-43-29-9-10-30-47(43)45(49(44)42-24-12-16-32-14-2-4-18-36(32)42)33-25-27-34(28-26-33)48-40-22-7-5-19-37(40)38-20-6-8-23-41(38)48/h1-30,46H. The van der Waals surface area contributed by atoms with Gasteiger partial charge in [0, 0.05) is 27.5 Å². The second kappa shape index (κ2) is 11.4. The molecule has 2 aliphatic heterocycles. The molecule has 0 unspecified atom stereocenters. The summed E-state index contributed by atoms with van der Waals surface area (Å²) >= 11 is 0. The van der Waals surface area contributed by atoms with Crippen molar-refractivity contribution in [2.75, 3.05) is 4.72 Å². The molecule has 0 bridgehead atoms. The van der Waals surface area contributed by atoms with Crippen molar-refractivity contribution in [2.24, 2.45) is 0 Å². The molecule has 4 nitrogen and oxygen atoms in total. The van der Waals surface area contributed by atoms with Crippen molar-refractivity contribution >= 4 is 80.9 Å². The molecule has 3 heterocycles. The number of hydrogen-bond acceptors (Lipinski definition) is 3. The van der Waals surface area contributed by atoms with Gasteiger partial charge in [0.05, 0.1) is 11.0 Å². The Morgan fingerprint density at radius 3 is 1.82 bits per heavy atom. The number of hydrogen-bond donors (Lipinski definition) is 1. The van der Waals surface area contributed by atoms with Crippen LogP contribution in [-0.2, 0) is 0 Å². The van der Waals surface area contributed by atoms with Crippen LogP contribution in [0.2, 0.25) is 0 Å². The first-order valence-electron chi connectivity index (χ1n) is 17.0. The third kappa shape index (κ3) is 4.47. The fourth-order valence-corrected chi connectivity index (χ4v) is 8.17. The highest BCUT2D eigenvalue weighted by Gasteiger charge is 2.49. The largest absolute Gasteiger partial charge is 0.428 e. The second-order valence-electron chi connectivity index (χ2n) is 13.0. The van der Waals surface area contributed by atoms with Crippen molar-refractivity contribution in [1.29, 1.82) is 0 Å². The van der Waals surface area contributed by atoms with Crippen LogP contribution in [0.3, 0.4) is 0 Å². The first kappa shape index (κ1) is 28.1. The van der Waals surface area contributed by atoms with Crippen LogP contribution >= 0.6 is 0 Å². The highest BCUT2D eigenvalue weighted by Crippen LogP contribution is 2.34. The summed E-state index contributed by atoms with van der Waals surface area (Å²) in [6, 6.07) is 57.5. The zero-order valence-electron chi connectivity index (χ0n) is 26.9. The summed E-state index contributed by atoms with van der Waals surface area (Å²) in [6.07, 6.45) is 6.54. The summed E-state index contributed by atoms with van der Waals surface area (Å²) in [6.45, 7) is -0.173. The van der Waals surface area contributed by atoms with Crippen LogP contribution in [0.25, 0.3) is 49.0 Å². The summed E-state index contributed by atoms with van der Waals surface area (Å²) in [4.78, 5) is 0. The molecule has 0 radical (unpaired) electrons. The molecule has 228 valence electrons. The number of rotatable bonds is 4. The fourth-order valence-electron chi connectivity index (χ4n) is 8.17. The molecule has 1 aromatic heterocycles. The highest BCUT2D eigenvalue weighted by atomic mass is 15.3. The highest BCUT2D eigenvalue weighted by molar-refractivity contribution is 7.04. The van der Waals surface area contributed by atoms with Crippen LogP contribution in [-0.4, -0.2) is 30.2 Å². The normalized spacial score (nSPS) is 14.5. The molecule has 49 heavy (non-hydrogen) atoms. The van der Waals surface area contributed by atoms with E-state index in [2.05, 4.69) is 201 Å². The van der Waals surface area contributed by atoms with Crippen LogP contribution in [0, 0.1) is 0 Å². The minimum atomic E-state index is -0.101. The molecule has 1 saturated heterocycles. The molecule has 1 fully saturated rings. The first-order valence-corrected chi connectivity index (χ1v) is 17.0. The zero-order chi connectivity index (χ0) is 32.3. The van der Waals surface area contributed by atoms with Crippen molar-refractivity contribution in [3.63, 3.8) is 0 Å². The molecular weight excluding hydrogens is 593 g/mol. The Kier molecular flexibility index (Phi) is 6.53. The number of benzene rings is 7. The number of aromatic nitrogens is 1. The van der Waals surface area contributed by atoms with Gasteiger partial charge in [-0.3, -0.25) is 0 Å². The lowest BCUT2D eigenvalue weighted by molar-refractivity contribution is 0.852. The Morgan fingerprint density at radius 1 is 0.490 bits per heavy atom. The number of nitrogens with one attached hydrogen (secondary N) is 1. The van der Waals surface area contributed by atoms with Crippen LogP contribution < -0.4 is 20.8 Å². The second-order valence-corrected chi connectivity index (χ2v) is 13.0. The number of allylic oxidation sites excluding steroid dienone is 2. The van der Waals surface area contributed by atoms with Gasteiger partial charge in [-0.2, -0.15) is 0 Å². The van der Waals surface area contributed by atoms with Crippen molar-refractivity contribution < 1.29 is 0 Å². The summed E-state index contributed by atoms with van der Waals surface area (Å²) in [5.41, 5.74) is 7.28. The third-order valence-corrected chi connectivity index (χ3v) is 10.3. The van der Waals surface area contributed by atoms with Gasteiger partial charge in [0.2, 0.25) is 0 Å². The molecule has 0 amide bonds. The van der Waals surface area contributed by atoms with Crippen LogP contribution in [0.1, 0.15) is 0 Å². The van der Waals surface area contributed by atoms with E-state index in [-0.39, 0.29) is 20.9 Å². The Balaban J connectivity index is 1.19. The van der Waals surface area contributed by atoms with Gasteiger partial charge in [-0.25, -0.2) is 0 Å². The van der Waals surface area contributed by atoms with E-state index in [4.69, 9.17) is 0 Å². The van der Waals surface area contributed by atoms with Gasteiger partial charge in [0.15, 0.2) is 0 Å². The number of fused-ring (bicyclic) bond motifs is 6. The molecule has 7 heteroatoms. The maximum absolute atomic E-state index is 4.06. The van der Waals surface area contributed by atoms with Crippen LogP contribution in [0.5, 0.6) is 0 Å². The Hall–Kier alpha value is -5.91.